The summed E-state index contributed by atoms with van der Waals surface area (Å²) in [6.07, 6.45) is 21.4. The van der Waals surface area contributed by atoms with Gasteiger partial charge in [-0.15, -0.1) is 0 Å². The van der Waals surface area contributed by atoms with Crippen molar-refractivity contribution in [2.45, 2.75) is 78.6 Å². The van der Waals surface area contributed by atoms with Crippen LogP contribution in [0, 0.1) is 64.2 Å². The zero-order valence-electron chi connectivity index (χ0n) is 20.3. The summed E-state index contributed by atoms with van der Waals surface area (Å²) in [6.45, 7) is 20.9. The first kappa shape index (κ1) is 28.2. The zero-order valence-corrected chi connectivity index (χ0v) is 23.2. The van der Waals surface area contributed by atoms with E-state index in [0.717, 1.165) is 0 Å². The van der Waals surface area contributed by atoms with E-state index in [1.807, 2.05) is 64.2 Å². The van der Waals surface area contributed by atoms with Crippen molar-refractivity contribution in [3.05, 3.63) is 93.0 Å². The van der Waals surface area contributed by atoms with Gasteiger partial charge in [0, 0.05) is 0 Å². The normalized spacial score (nSPS) is 17.2. The average molecular weight is 503 g/mol. The van der Waals surface area contributed by atoms with Crippen LogP contribution in [-0.4, -0.2) is 0 Å². The molecule has 0 aliphatic heterocycles. The predicted molar refractivity (Wildman–Crippen MR) is 132 cm³/mol. The molecular formula is C28H39MoP. The van der Waals surface area contributed by atoms with Crippen LogP contribution in [-0.2, 0) is 35.1 Å². The fraction of sp³-hybridized carbons (Fsp3) is 0.429. The molecule has 0 unspecified atom stereocenters. The van der Waals surface area contributed by atoms with E-state index in [9.17, 15) is 0 Å². The summed E-state index contributed by atoms with van der Waals surface area (Å²) in [5.41, 5.74) is 5.08. The Balaban J connectivity index is 0.000000360. The Morgan fingerprint density at radius 2 is 0.767 bits per heavy atom. The molecule has 30 heavy (non-hydrogen) atoms. The van der Waals surface area contributed by atoms with E-state index in [1.54, 1.807) is 0 Å². The molecule has 2 aliphatic carbocycles. The molecule has 1 aromatic rings. The van der Waals surface area contributed by atoms with Gasteiger partial charge in [-0.2, -0.15) is 0 Å². The van der Waals surface area contributed by atoms with Crippen molar-refractivity contribution in [3.8, 4) is 0 Å². The first-order valence-corrected chi connectivity index (χ1v) is 14.1. The summed E-state index contributed by atoms with van der Waals surface area (Å²) >= 11 is 2.18. The van der Waals surface area contributed by atoms with Crippen molar-refractivity contribution in [2.24, 2.45) is 0 Å². The van der Waals surface area contributed by atoms with Crippen molar-refractivity contribution in [2.75, 3.05) is 0 Å². The van der Waals surface area contributed by atoms with Gasteiger partial charge >= 0.3 is 138 Å². The van der Waals surface area contributed by atoms with Gasteiger partial charge in [-0.1, -0.05) is 0 Å². The Morgan fingerprint density at radius 1 is 0.500 bits per heavy atom. The fourth-order valence-corrected chi connectivity index (χ4v) is 5.40. The topological polar surface area (TPSA) is 0 Å². The van der Waals surface area contributed by atoms with Gasteiger partial charge in [-0.3, -0.25) is 0 Å². The Kier molecular flexibility index (Phi) is 11.7. The molecule has 2 saturated carbocycles. The first-order chi connectivity index (χ1) is 13.8. The third kappa shape index (κ3) is 9.78. The number of hydrogen-bond donors (Lipinski definition) is 0. The van der Waals surface area contributed by atoms with E-state index in [0.29, 0.717) is 0 Å². The molecule has 0 amide bonds. The molecule has 162 valence electrons. The summed E-state index contributed by atoms with van der Waals surface area (Å²) in [4.78, 5) is 0. The maximum absolute atomic E-state index is 2.45. The predicted octanol–water partition coefficient (Wildman–Crippen LogP) is 7.66. The molecule has 0 spiro atoms. The van der Waals surface area contributed by atoms with E-state index in [2.05, 4.69) is 93.3 Å². The van der Waals surface area contributed by atoms with Gasteiger partial charge in [0.05, 0.1) is 0 Å². The van der Waals surface area contributed by atoms with Gasteiger partial charge in [0.1, 0.15) is 0 Å². The first-order valence-electron chi connectivity index (χ1n) is 10.6. The summed E-state index contributed by atoms with van der Waals surface area (Å²) in [5, 5.41) is 1.53. The summed E-state index contributed by atoms with van der Waals surface area (Å²) < 4.78 is 0. The third-order valence-corrected chi connectivity index (χ3v) is 6.81. The average Bonchev–Trinajstić information content (AvgIpc) is 3.35. The maximum atomic E-state index is 2.45. The molecular weight excluding hydrogens is 463 g/mol. The van der Waals surface area contributed by atoms with Gasteiger partial charge in [-0.25, -0.2) is 0 Å². The maximum Gasteiger partial charge on any atom is -0.0312 e. The Labute approximate surface area is 201 Å². The summed E-state index contributed by atoms with van der Waals surface area (Å²) in [6, 6.07) is 4.89. The molecule has 0 nitrogen and oxygen atoms in total. The van der Waals surface area contributed by atoms with Crippen LogP contribution >= 0.6 is 6.21 Å². The van der Waals surface area contributed by atoms with Gasteiger partial charge in [0.15, 0.2) is 0 Å². The SMILES string of the molecule is CC(C)(C)c1cc(C(C)(C)C)c([P]=[Mo])c(C(C)(C)C)c1.[CH]1[CH][CH][CH][CH]1.[CH]1[CH][CH][CH][CH]1. The van der Waals surface area contributed by atoms with E-state index in [4.69, 9.17) is 0 Å². The third-order valence-electron chi connectivity index (χ3n) is 4.79. The molecule has 2 aliphatic rings. The minimum Gasteiger partial charge on any atom is -0.0312 e. The van der Waals surface area contributed by atoms with Crippen molar-refractivity contribution in [1.29, 1.82) is 0 Å². The molecule has 2 heteroatoms. The van der Waals surface area contributed by atoms with Gasteiger partial charge in [-0.05, 0) is 64.2 Å². The Hall–Kier alpha value is 0.208. The molecule has 2 fully saturated rings. The summed E-state index contributed by atoms with van der Waals surface area (Å²) in [7, 11) is 0. The number of benzene rings is 1. The van der Waals surface area contributed by atoms with Gasteiger partial charge in [0.25, 0.3) is 0 Å². The Bertz CT molecular complexity index is 584. The van der Waals surface area contributed by atoms with Crippen LogP contribution in [0.4, 0.5) is 0 Å². The number of rotatable bonds is 1. The molecule has 0 heterocycles. The molecule has 10 radical (unpaired) electrons. The molecule has 0 N–H and O–H groups in total. The van der Waals surface area contributed by atoms with Crippen LogP contribution in [0.25, 0.3) is 0 Å². The quantitative estimate of drug-likeness (QED) is 0.273. The van der Waals surface area contributed by atoms with Gasteiger partial charge < -0.3 is 0 Å². The molecule has 0 aromatic heterocycles. The number of hydrogen-bond acceptors (Lipinski definition) is 0. The minimum absolute atomic E-state index is 0.196. The van der Waals surface area contributed by atoms with Crippen molar-refractivity contribution in [3.63, 3.8) is 0 Å². The van der Waals surface area contributed by atoms with Crippen LogP contribution in [0.1, 0.15) is 79.0 Å². The molecule has 0 atom stereocenters. The van der Waals surface area contributed by atoms with E-state index in [-0.39, 0.29) is 16.2 Å². The van der Waals surface area contributed by atoms with E-state index in [1.165, 1.54) is 28.2 Å². The molecule has 3 rings (SSSR count). The van der Waals surface area contributed by atoms with Crippen LogP contribution < -0.4 is 5.30 Å². The molecule has 1 aromatic carbocycles. The Morgan fingerprint density at radius 3 is 0.933 bits per heavy atom. The largest absolute Gasteiger partial charge is 0.0312 e. The van der Waals surface area contributed by atoms with Gasteiger partial charge in [0.2, 0.25) is 0 Å². The van der Waals surface area contributed by atoms with Crippen LogP contribution in [0.15, 0.2) is 12.1 Å². The van der Waals surface area contributed by atoms with E-state index < -0.39 is 0 Å². The van der Waals surface area contributed by atoms with Crippen molar-refractivity contribution >= 4 is 11.5 Å². The monoisotopic (exact) mass is 504 g/mol. The fourth-order valence-electron chi connectivity index (χ4n) is 2.95. The van der Waals surface area contributed by atoms with E-state index >= 15 is 0 Å². The summed E-state index contributed by atoms with van der Waals surface area (Å²) in [5.74, 6) is 0. The minimum atomic E-state index is 0.196. The van der Waals surface area contributed by atoms with Crippen molar-refractivity contribution in [1.82, 2.24) is 0 Å². The van der Waals surface area contributed by atoms with Crippen LogP contribution in [0.2, 0.25) is 0 Å². The standard InChI is InChI=1S/C18H29P.2C5H5.Mo/c1-16(2,3)12-10-13(17(4,5)6)15(19)14(11-12)18(7,8)9;2*1-2-4-5-3-1;/h10-11H,1-9H3;2*1-5H;. The zero-order chi connectivity index (χ0) is 23.0. The molecule has 0 bridgehead atoms. The van der Waals surface area contributed by atoms with Crippen LogP contribution in [0.3, 0.4) is 0 Å². The smallest absolute Gasteiger partial charge is 0.0312 e. The van der Waals surface area contributed by atoms with Crippen LogP contribution in [0.5, 0.6) is 0 Å². The second kappa shape index (κ2) is 12.4. The van der Waals surface area contributed by atoms with Crippen molar-refractivity contribution < 1.29 is 18.8 Å². The second-order valence-electron chi connectivity index (χ2n) is 10.7. The second-order valence-corrected chi connectivity index (χ2v) is 12.7. The molecule has 0 saturated heterocycles.